The molecule has 1 rings (SSSR count). The quantitative estimate of drug-likeness (QED) is 0.542. The van der Waals surface area contributed by atoms with E-state index in [-0.39, 0.29) is 0 Å². The van der Waals surface area contributed by atoms with Crippen LogP contribution in [-0.4, -0.2) is 11.7 Å². The van der Waals surface area contributed by atoms with Crippen molar-refractivity contribution in [3.05, 3.63) is 47.3 Å². The van der Waals surface area contributed by atoms with Gasteiger partial charge in [0.1, 0.15) is 0 Å². The first-order valence-corrected chi connectivity index (χ1v) is 4.88. The van der Waals surface area contributed by atoms with Crippen molar-refractivity contribution in [1.82, 2.24) is 4.98 Å². The summed E-state index contributed by atoms with van der Waals surface area (Å²) in [7, 11) is 0. The summed E-state index contributed by atoms with van der Waals surface area (Å²) in [4.78, 5) is 8.26. The smallest absolute Gasteiger partial charge is 0.0886 e. The summed E-state index contributed by atoms with van der Waals surface area (Å²) < 4.78 is 0. The Kier molecular flexibility index (Phi) is 3.98. The number of pyridine rings is 1. The molecule has 0 aromatic carbocycles. The largest absolute Gasteiger partial charge is 0.262 e. The molecule has 0 N–H and O–H groups in total. The van der Waals surface area contributed by atoms with Crippen LogP contribution in [0.4, 0.5) is 0 Å². The number of allylic oxidation sites excluding steroid dienone is 3. The SMILES string of the molecule is C=N/C(=C\C=C(C)C)c1ccc(C)cn1. The molecule has 0 aliphatic heterocycles. The summed E-state index contributed by atoms with van der Waals surface area (Å²) in [5, 5.41) is 0. The average molecular weight is 200 g/mol. The van der Waals surface area contributed by atoms with Crippen molar-refractivity contribution in [3.63, 3.8) is 0 Å². The van der Waals surface area contributed by atoms with Gasteiger partial charge in [0.05, 0.1) is 11.4 Å². The average Bonchev–Trinajstić information content (AvgIpc) is 2.21. The first-order valence-electron chi connectivity index (χ1n) is 4.88. The molecule has 1 aromatic rings. The maximum Gasteiger partial charge on any atom is 0.0886 e. The van der Waals surface area contributed by atoms with Gasteiger partial charge in [-0.05, 0) is 45.2 Å². The molecule has 1 heterocycles. The van der Waals surface area contributed by atoms with E-state index in [9.17, 15) is 0 Å². The number of hydrogen-bond donors (Lipinski definition) is 0. The van der Waals surface area contributed by atoms with Crippen molar-refractivity contribution in [1.29, 1.82) is 0 Å². The van der Waals surface area contributed by atoms with Crippen LogP contribution in [0.25, 0.3) is 5.70 Å². The Labute approximate surface area is 91.1 Å². The monoisotopic (exact) mass is 200 g/mol. The highest BCUT2D eigenvalue weighted by Gasteiger charge is 1.98. The lowest BCUT2D eigenvalue weighted by molar-refractivity contribution is 1.22. The summed E-state index contributed by atoms with van der Waals surface area (Å²) in [6.45, 7) is 9.64. The van der Waals surface area contributed by atoms with E-state index in [4.69, 9.17) is 0 Å². The first-order chi connectivity index (χ1) is 7.13. The molecule has 0 saturated carbocycles. The van der Waals surface area contributed by atoms with Crippen LogP contribution in [0.2, 0.25) is 0 Å². The lowest BCUT2D eigenvalue weighted by Gasteiger charge is -2.00. The van der Waals surface area contributed by atoms with Gasteiger partial charge in [0.25, 0.3) is 0 Å². The van der Waals surface area contributed by atoms with E-state index in [1.165, 1.54) is 5.57 Å². The summed E-state index contributed by atoms with van der Waals surface area (Å²) in [6.07, 6.45) is 5.77. The van der Waals surface area contributed by atoms with Gasteiger partial charge >= 0.3 is 0 Å². The third-order valence-corrected chi connectivity index (χ3v) is 1.92. The number of aliphatic imine (C=N–C) groups is 1. The lowest BCUT2D eigenvalue weighted by Crippen LogP contribution is -1.86. The van der Waals surface area contributed by atoms with Crippen LogP contribution in [0.5, 0.6) is 0 Å². The molecule has 2 heteroatoms. The van der Waals surface area contributed by atoms with E-state index in [1.54, 1.807) is 0 Å². The summed E-state index contributed by atoms with van der Waals surface area (Å²) in [5.41, 5.74) is 4.02. The Morgan fingerprint density at radius 1 is 1.33 bits per heavy atom. The zero-order valence-electron chi connectivity index (χ0n) is 9.49. The highest BCUT2D eigenvalue weighted by Crippen LogP contribution is 2.13. The highest BCUT2D eigenvalue weighted by molar-refractivity contribution is 5.66. The van der Waals surface area contributed by atoms with Gasteiger partial charge < -0.3 is 0 Å². The normalized spacial score (nSPS) is 11.0. The van der Waals surface area contributed by atoms with E-state index in [1.807, 2.05) is 51.3 Å². The van der Waals surface area contributed by atoms with Gasteiger partial charge in [-0.1, -0.05) is 17.7 Å². The molecule has 1 aromatic heterocycles. The lowest BCUT2D eigenvalue weighted by atomic mass is 10.2. The number of hydrogen-bond acceptors (Lipinski definition) is 2. The predicted molar refractivity (Wildman–Crippen MR) is 65.9 cm³/mol. The minimum absolute atomic E-state index is 0.802. The molecule has 0 fully saturated rings. The molecule has 0 radical (unpaired) electrons. The molecular formula is C13H16N2. The van der Waals surface area contributed by atoms with Crippen LogP contribution in [0.3, 0.4) is 0 Å². The first kappa shape index (κ1) is 11.4. The van der Waals surface area contributed by atoms with E-state index in [2.05, 4.69) is 16.7 Å². The fraction of sp³-hybridized carbons (Fsp3) is 0.231. The van der Waals surface area contributed by atoms with Crippen LogP contribution < -0.4 is 0 Å². The maximum atomic E-state index is 4.30. The Bertz CT molecular complexity index is 393. The van der Waals surface area contributed by atoms with Crippen LogP contribution in [0.15, 0.2) is 41.0 Å². The maximum absolute atomic E-state index is 4.30. The highest BCUT2D eigenvalue weighted by atomic mass is 14.8. The summed E-state index contributed by atoms with van der Waals surface area (Å²) in [6, 6.07) is 3.97. The van der Waals surface area contributed by atoms with E-state index in [0.717, 1.165) is 17.0 Å². The molecular weight excluding hydrogens is 184 g/mol. The van der Waals surface area contributed by atoms with Crippen LogP contribution in [0, 0.1) is 6.92 Å². The zero-order valence-corrected chi connectivity index (χ0v) is 9.49. The molecule has 2 nitrogen and oxygen atoms in total. The molecule has 0 atom stereocenters. The molecule has 78 valence electrons. The third kappa shape index (κ3) is 3.50. The fourth-order valence-electron chi connectivity index (χ4n) is 1.08. The van der Waals surface area contributed by atoms with Crippen LogP contribution in [0.1, 0.15) is 25.1 Å². The van der Waals surface area contributed by atoms with Gasteiger partial charge in [-0.2, -0.15) is 0 Å². The Hall–Kier alpha value is -1.70. The summed E-state index contributed by atoms with van der Waals surface area (Å²) >= 11 is 0. The number of aryl methyl sites for hydroxylation is 1. The minimum Gasteiger partial charge on any atom is -0.262 e. The van der Waals surface area contributed by atoms with Crippen molar-refractivity contribution < 1.29 is 0 Å². The Morgan fingerprint density at radius 3 is 2.53 bits per heavy atom. The number of nitrogens with zero attached hydrogens (tertiary/aromatic N) is 2. The summed E-state index contributed by atoms with van der Waals surface area (Å²) in [5.74, 6) is 0. The Balaban J connectivity index is 3.02. The molecule has 0 saturated heterocycles. The van der Waals surface area contributed by atoms with Crippen molar-refractivity contribution in [2.45, 2.75) is 20.8 Å². The molecule has 0 unspecified atom stereocenters. The van der Waals surface area contributed by atoms with Gasteiger partial charge in [0.15, 0.2) is 0 Å². The number of rotatable bonds is 3. The van der Waals surface area contributed by atoms with Gasteiger partial charge in [0, 0.05) is 6.20 Å². The Morgan fingerprint density at radius 2 is 2.07 bits per heavy atom. The molecule has 15 heavy (non-hydrogen) atoms. The van der Waals surface area contributed by atoms with E-state index in [0.29, 0.717) is 0 Å². The van der Waals surface area contributed by atoms with E-state index < -0.39 is 0 Å². The van der Waals surface area contributed by atoms with Gasteiger partial charge in [-0.15, -0.1) is 0 Å². The second kappa shape index (κ2) is 5.25. The zero-order chi connectivity index (χ0) is 11.3. The molecule has 0 amide bonds. The van der Waals surface area contributed by atoms with E-state index >= 15 is 0 Å². The molecule has 0 bridgehead atoms. The molecule has 0 spiro atoms. The molecule has 0 aliphatic carbocycles. The fourth-order valence-corrected chi connectivity index (χ4v) is 1.08. The number of aromatic nitrogens is 1. The topological polar surface area (TPSA) is 25.2 Å². The van der Waals surface area contributed by atoms with Crippen LogP contribution >= 0.6 is 0 Å². The van der Waals surface area contributed by atoms with Gasteiger partial charge in [0.2, 0.25) is 0 Å². The van der Waals surface area contributed by atoms with Crippen LogP contribution in [-0.2, 0) is 0 Å². The van der Waals surface area contributed by atoms with Gasteiger partial charge in [-0.3, -0.25) is 9.98 Å². The predicted octanol–water partition coefficient (Wildman–Crippen LogP) is 3.40. The molecule has 0 aliphatic rings. The van der Waals surface area contributed by atoms with Crippen molar-refractivity contribution in [2.24, 2.45) is 4.99 Å². The second-order valence-corrected chi connectivity index (χ2v) is 3.67. The van der Waals surface area contributed by atoms with Crippen molar-refractivity contribution in [3.8, 4) is 0 Å². The van der Waals surface area contributed by atoms with Gasteiger partial charge in [-0.25, -0.2) is 0 Å². The standard InChI is InChI=1S/C13H16N2/c1-10(2)5-7-12(14-4)13-8-6-11(3)9-15-13/h5-9H,4H2,1-3H3/b12-7-. The van der Waals surface area contributed by atoms with Crippen molar-refractivity contribution >= 4 is 12.4 Å². The third-order valence-electron chi connectivity index (χ3n) is 1.92. The minimum atomic E-state index is 0.802. The second-order valence-electron chi connectivity index (χ2n) is 3.67. The van der Waals surface area contributed by atoms with Crippen molar-refractivity contribution in [2.75, 3.05) is 0 Å².